The van der Waals surface area contributed by atoms with Gasteiger partial charge in [-0.2, -0.15) is 0 Å². The largest absolute Gasteiger partial charge is 0.286 e. The smallest absolute Gasteiger partial charge is 0.228 e. The van der Waals surface area contributed by atoms with Gasteiger partial charge in [0.2, 0.25) is 11.0 Å². The van der Waals surface area contributed by atoms with Crippen LogP contribution in [0, 0.1) is 11.8 Å². The number of nitrogens with zero attached hydrogens (tertiary/aromatic N) is 4. The maximum absolute atomic E-state index is 12.8. The monoisotopic (exact) mass is 358 g/mol. The quantitative estimate of drug-likeness (QED) is 0.728. The Kier molecular flexibility index (Phi) is 6.13. The lowest BCUT2D eigenvalue weighted by Gasteiger charge is -2.22. The van der Waals surface area contributed by atoms with Crippen molar-refractivity contribution in [3.63, 3.8) is 0 Å². The average molecular weight is 359 g/mol. The van der Waals surface area contributed by atoms with Crippen LogP contribution in [0.1, 0.15) is 52.4 Å². The van der Waals surface area contributed by atoms with Crippen molar-refractivity contribution in [1.82, 2.24) is 15.2 Å². The van der Waals surface area contributed by atoms with Crippen LogP contribution in [-0.4, -0.2) is 27.6 Å². The molecule has 1 aliphatic rings. The molecule has 0 spiro atoms. The molecule has 2 aromatic heterocycles. The van der Waals surface area contributed by atoms with E-state index in [0.29, 0.717) is 24.0 Å². The first-order valence-corrected chi connectivity index (χ1v) is 9.99. The maximum Gasteiger partial charge on any atom is 0.228 e. The summed E-state index contributed by atoms with van der Waals surface area (Å²) in [6.45, 7) is 4.94. The molecule has 0 atom stereocenters. The van der Waals surface area contributed by atoms with Gasteiger partial charge in [-0.05, 0) is 30.4 Å². The van der Waals surface area contributed by atoms with E-state index in [1.54, 1.807) is 12.4 Å². The number of aromatic nitrogens is 3. The van der Waals surface area contributed by atoms with Crippen molar-refractivity contribution in [3.8, 4) is 10.6 Å². The van der Waals surface area contributed by atoms with Gasteiger partial charge in [-0.25, -0.2) is 0 Å². The Morgan fingerprint density at radius 2 is 2.12 bits per heavy atom. The number of pyridine rings is 1. The molecule has 0 bridgehead atoms. The minimum absolute atomic E-state index is 0.175. The van der Waals surface area contributed by atoms with E-state index < -0.39 is 0 Å². The molecule has 0 saturated heterocycles. The summed E-state index contributed by atoms with van der Waals surface area (Å²) in [5.41, 5.74) is 0.939. The second-order valence-electron chi connectivity index (χ2n) is 7.22. The Balaban J connectivity index is 1.71. The lowest BCUT2D eigenvalue weighted by atomic mass is 10.0. The molecule has 3 rings (SSSR count). The molecule has 0 radical (unpaired) electrons. The molecule has 2 aromatic rings. The summed E-state index contributed by atoms with van der Waals surface area (Å²) in [5.74, 6) is 1.29. The van der Waals surface area contributed by atoms with Crippen LogP contribution in [0.3, 0.4) is 0 Å². The normalized spacial score (nSPS) is 15.0. The van der Waals surface area contributed by atoms with Crippen molar-refractivity contribution < 1.29 is 4.79 Å². The predicted octanol–water partition coefficient (Wildman–Crippen LogP) is 4.56. The van der Waals surface area contributed by atoms with Crippen molar-refractivity contribution in [2.75, 3.05) is 11.4 Å². The third-order valence-electron chi connectivity index (χ3n) is 4.64. The highest BCUT2D eigenvalue weighted by Crippen LogP contribution is 2.31. The van der Waals surface area contributed by atoms with Crippen LogP contribution in [0.25, 0.3) is 10.6 Å². The SMILES string of the molecule is CC(C)CN(C(=O)CCC1CCCC1)c1nnc(-c2cccnc2)s1. The summed E-state index contributed by atoms with van der Waals surface area (Å²) in [6.07, 6.45) is 10.3. The van der Waals surface area contributed by atoms with E-state index in [4.69, 9.17) is 0 Å². The van der Waals surface area contributed by atoms with Crippen LogP contribution in [0.4, 0.5) is 5.13 Å². The predicted molar refractivity (Wildman–Crippen MR) is 102 cm³/mol. The Morgan fingerprint density at radius 3 is 2.80 bits per heavy atom. The summed E-state index contributed by atoms with van der Waals surface area (Å²) in [4.78, 5) is 18.8. The molecule has 5 nitrogen and oxygen atoms in total. The van der Waals surface area contributed by atoms with Gasteiger partial charge < -0.3 is 0 Å². The molecular weight excluding hydrogens is 332 g/mol. The molecular formula is C19H26N4OS. The zero-order chi connectivity index (χ0) is 17.6. The van der Waals surface area contributed by atoms with E-state index in [9.17, 15) is 4.79 Å². The second kappa shape index (κ2) is 8.52. The first-order valence-electron chi connectivity index (χ1n) is 9.17. The summed E-state index contributed by atoms with van der Waals surface area (Å²) in [6, 6.07) is 3.85. The van der Waals surface area contributed by atoms with E-state index in [2.05, 4.69) is 29.0 Å². The molecule has 0 aromatic carbocycles. The van der Waals surface area contributed by atoms with Gasteiger partial charge in [-0.15, -0.1) is 10.2 Å². The minimum atomic E-state index is 0.175. The number of carbonyl (C=O) groups is 1. The van der Waals surface area contributed by atoms with Crippen LogP contribution >= 0.6 is 11.3 Å². The Hall–Kier alpha value is -1.82. The highest BCUT2D eigenvalue weighted by Gasteiger charge is 2.23. The Labute approximate surface area is 153 Å². The fourth-order valence-electron chi connectivity index (χ4n) is 3.34. The summed E-state index contributed by atoms with van der Waals surface area (Å²) < 4.78 is 0. The van der Waals surface area contributed by atoms with Crippen molar-refractivity contribution in [3.05, 3.63) is 24.5 Å². The van der Waals surface area contributed by atoms with E-state index >= 15 is 0 Å². The second-order valence-corrected chi connectivity index (χ2v) is 8.17. The Morgan fingerprint density at radius 1 is 1.32 bits per heavy atom. The summed E-state index contributed by atoms with van der Waals surface area (Å²) >= 11 is 1.47. The highest BCUT2D eigenvalue weighted by atomic mass is 32.1. The van der Waals surface area contributed by atoms with Gasteiger partial charge in [0, 0.05) is 30.9 Å². The lowest BCUT2D eigenvalue weighted by molar-refractivity contribution is -0.119. The molecule has 25 heavy (non-hydrogen) atoms. The van der Waals surface area contributed by atoms with Gasteiger partial charge in [-0.1, -0.05) is 50.9 Å². The third-order valence-corrected chi connectivity index (χ3v) is 5.64. The number of rotatable bonds is 7. The fraction of sp³-hybridized carbons (Fsp3) is 0.579. The van der Waals surface area contributed by atoms with Crippen LogP contribution < -0.4 is 4.90 Å². The van der Waals surface area contributed by atoms with Gasteiger partial charge in [-0.3, -0.25) is 14.7 Å². The summed E-state index contributed by atoms with van der Waals surface area (Å²) in [7, 11) is 0. The van der Waals surface area contributed by atoms with E-state index in [-0.39, 0.29) is 5.91 Å². The van der Waals surface area contributed by atoms with E-state index in [0.717, 1.165) is 22.9 Å². The van der Waals surface area contributed by atoms with Crippen molar-refractivity contribution >= 4 is 22.4 Å². The Bertz CT molecular complexity index is 680. The number of amides is 1. The number of anilines is 1. The first-order chi connectivity index (χ1) is 12.1. The topological polar surface area (TPSA) is 59.0 Å². The van der Waals surface area contributed by atoms with Crippen molar-refractivity contribution in [2.45, 2.75) is 52.4 Å². The molecule has 0 aliphatic heterocycles. The number of carbonyl (C=O) groups excluding carboxylic acids is 1. The fourth-order valence-corrected chi connectivity index (χ4v) is 4.21. The van der Waals surface area contributed by atoms with Gasteiger partial charge in [0.05, 0.1) is 0 Å². The van der Waals surface area contributed by atoms with Gasteiger partial charge >= 0.3 is 0 Å². The zero-order valence-electron chi connectivity index (χ0n) is 15.0. The molecule has 0 N–H and O–H groups in total. The van der Waals surface area contributed by atoms with Crippen LogP contribution in [-0.2, 0) is 4.79 Å². The molecule has 1 aliphatic carbocycles. The molecule has 134 valence electrons. The molecule has 6 heteroatoms. The van der Waals surface area contributed by atoms with Crippen LogP contribution in [0.2, 0.25) is 0 Å². The highest BCUT2D eigenvalue weighted by molar-refractivity contribution is 7.18. The number of hydrogen-bond donors (Lipinski definition) is 0. The average Bonchev–Trinajstić information content (AvgIpc) is 3.30. The molecule has 0 unspecified atom stereocenters. The maximum atomic E-state index is 12.8. The molecule has 1 saturated carbocycles. The zero-order valence-corrected chi connectivity index (χ0v) is 15.8. The molecule has 1 fully saturated rings. The van der Waals surface area contributed by atoms with E-state index in [1.165, 1.54) is 37.0 Å². The minimum Gasteiger partial charge on any atom is -0.286 e. The molecule has 1 amide bonds. The van der Waals surface area contributed by atoms with Crippen molar-refractivity contribution in [1.29, 1.82) is 0 Å². The van der Waals surface area contributed by atoms with Crippen LogP contribution in [0.5, 0.6) is 0 Å². The first kappa shape index (κ1) is 18.0. The standard InChI is InChI=1S/C19H26N4OS/c1-14(2)13-23(17(24)10-9-15-6-3-4-7-15)19-22-21-18(25-19)16-8-5-11-20-12-16/h5,8,11-12,14-15H,3-4,6-7,9-10,13H2,1-2H3. The van der Waals surface area contributed by atoms with E-state index in [1.807, 2.05) is 17.0 Å². The van der Waals surface area contributed by atoms with Gasteiger partial charge in [0.15, 0.2) is 5.01 Å². The van der Waals surface area contributed by atoms with Gasteiger partial charge in [0.1, 0.15) is 0 Å². The summed E-state index contributed by atoms with van der Waals surface area (Å²) in [5, 5.41) is 10.1. The molecule has 2 heterocycles. The van der Waals surface area contributed by atoms with Gasteiger partial charge in [0.25, 0.3) is 0 Å². The van der Waals surface area contributed by atoms with Crippen LogP contribution in [0.15, 0.2) is 24.5 Å². The third kappa shape index (κ3) is 4.84. The van der Waals surface area contributed by atoms with Crippen molar-refractivity contribution in [2.24, 2.45) is 11.8 Å². The lowest BCUT2D eigenvalue weighted by Crippen LogP contribution is -2.34. The number of hydrogen-bond acceptors (Lipinski definition) is 5.